The maximum Gasteiger partial charge on any atom is 0.190 e. The second-order valence-electron chi connectivity index (χ2n) is 8.63. The zero-order valence-electron chi connectivity index (χ0n) is 19.2. The second-order valence-corrected chi connectivity index (χ2v) is 9.61. The van der Waals surface area contributed by atoms with Crippen LogP contribution in [-0.4, -0.2) is 52.3 Å². The Hall–Kier alpha value is -3.40. The van der Waals surface area contributed by atoms with Gasteiger partial charge in [0.1, 0.15) is 28.3 Å². The molecule has 4 aromatic rings. The summed E-state index contributed by atoms with van der Waals surface area (Å²) in [5, 5.41) is 3.98. The van der Waals surface area contributed by atoms with Crippen LogP contribution in [0, 0.1) is 6.92 Å². The summed E-state index contributed by atoms with van der Waals surface area (Å²) in [5.41, 5.74) is 10.0. The number of fused-ring (bicyclic) bond motifs is 1. The zero-order valence-corrected chi connectivity index (χ0v) is 20.0. The topological polar surface area (TPSA) is 100 Å². The predicted molar refractivity (Wildman–Crippen MR) is 137 cm³/mol. The molecular formula is C25H27N7OS. The smallest absolute Gasteiger partial charge is 0.190 e. The van der Waals surface area contributed by atoms with Crippen molar-refractivity contribution < 1.29 is 4.79 Å². The second kappa shape index (κ2) is 9.46. The van der Waals surface area contributed by atoms with Crippen molar-refractivity contribution in [1.29, 1.82) is 0 Å². The van der Waals surface area contributed by atoms with Gasteiger partial charge in [0, 0.05) is 38.1 Å². The molecule has 0 saturated carbocycles. The lowest BCUT2D eigenvalue weighted by Gasteiger charge is -2.23. The Morgan fingerprint density at radius 3 is 2.76 bits per heavy atom. The van der Waals surface area contributed by atoms with Crippen LogP contribution >= 0.6 is 11.3 Å². The van der Waals surface area contributed by atoms with Crippen LogP contribution in [-0.2, 0) is 4.79 Å². The van der Waals surface area contributed by atoms with E-state index in [9.17, 15) is 4.79 Å². The SMILES string of the molecule is Cc1ccc(N(C)c2ccc3nc(Nc4cc(C(C=O)N5CC[C@@H](N)C5)ccn4)sc3n2)cc1. The zero-order chi connectivity index (χ0) is 23.7. The van der Waals surface area contributed by atoms with E-state index in [1.165, 1.54) is 16.9 Å². The monoisotopic (exact) mass is 473 g/mol. The third kappa shape index (κ3) is 4.63. The molecule has 174 valence electrons. The number of rotatable bonds is 7. The summed E-state index contributed by atoms with van der Waals surface area (Å²) in [6.07, 6.45) is 3.59. The summed E-state index contributed by atoms with van der Waals surface area (Å²) in [6, 6.07) is 15.9. The van der Waals surface area contributed by atoms with Gasteiger partial charge in [-0.2, -0.15) is 0 Å². The van der Waals surface area contributed by atoms with Crippen LogP contribution in [0.1, 0.15) is 23.6 Å². The molecular weight excluding hydrogens is 446 g/mol. The first-order chi connectivity index (χ1) is 16.5. The molecule has 34 heavy (non-hydrogen) atoms. The summed E-state index contributed by atoms with van der Waals surface area (Å²) < 4.78 is 0. The van der Waals surface area contributed by atoms with E-state index < -0.39 is 0 Å². The highest BCUT2D eigenvalue weighted by Gasteiger charge is 2.27. The van der Waals surface area contributed by atoms with Crippen molar-refractivity contribution in [2.75, 3.05) is 30.4 Å². The Morgan fingerprint density at radius 1 is 1.21 bits per heavy atom. The summed E-state index contributed by atoms with van der Waals surface area (Å²) in [6.45, 7) is 3.61. The molecule has 5 rings (SSSR count). The normalized spacial score (nSPS) is 17.1. The lowest BCUT2D eigenvalue weighted by molar-refractivity contribution is -0.112. The summed E-state index contributed by atoms with van der Waals surface area (Å²) >= 11 is 1.47. The number of benzene rings is 1. The average Bonchev–Trinajstić information content (AvgIpc) is 3.45. The highest BCUT2D eigenvalue weighted by molar-refractivity contribution is 7.21. The quantitative estimate of drug-likeness (QED) is 0.386. The van der Waals surface area contributed by atoms with Crippen LogP contribution in [0.2, 0.25) is 0 Å². The number of aldehydes is 1. The predicted octanol–water partition coefficient (Wildman–Crippen LogP) is 4.18. The van der Waals surface area contributed by atoms with E-state index in [1.54, 1.807) is 6.20 Å². The largest absolute Gasteiger partial charge is 0.329 e. The Kier molecular flexibility index (Phi) is 6.23. The highest BCUT2D eigenvalue weighted by Crippen LogP contribution is 2.31. The highest BCUT2D eigenvalue weighted by atomic mass is 32.1. The van der Waals surface area contributed by atoms with Crippen LogP contribution in [0.25, 0.3) is 10.3 Å². The van der Waals surface area contributed by atoms with Crippen molar-refractivity contribution in [2.24, 2.45) is 5.73 Å². The number of pyridine rings is 2. The molecule has 1 aliphatic heterocycles. The van der Waals surface area contributed by atoms with Gasteiger partial charge in [0.15, 0.2) is 5.13 Å². The van der Waals surface area contributed by atoms with Gasteiger partial charge < -0.3 is 20.7 Å². The van der Waals surface area contributed by atoms with Crippen molar-refractivity contribution in [3.63, 3.8) is 0 Å². The van der Waals surface area contributed by atoms with Gasteiger partial charge in [-0.15, -0.1) is 0 Å². The van der Waals surface area contributed by atoms with Gasteiger partial charge >= 0.3 is 0 Å². The van der Waals surface area contributed by atoms with Crippen LogP contribution in [0.3, 0.4) is 0 Å². The third-order valence-electron chi connectivity index (χ3n) is 6.14. The molecule has 0 bridgehead atoms. The van der Waals surface area contributed by atoms with Gasteiger partial charge in [-0.1, -0.05) is 29.0 Å². The first-order valence-electron chi connectivity index (χ1n) is 11.3. The first kappa shape index (κ1) is 22.4. The summed E-state index contributed by atoms with van der Waals surface area (Å²) in [5.74, 6) is 1.49. The summed E-state index contributed by atoms with van der Waals surface area (Å²) in [7, 11) is 2.01. The van der Waals surface area contributed by atoms with Gasteiger partial charge in [-0.3, -0.25) is 4.90 Å². The molecule has 3 N–H and O–H groups in total. The number of hydrogen-bond acceptors (Lipinski definition) is 9. The molecule has 1 unspecified atom stereocenters. The summed E-state index contributed by atoms with van der Waals surface area (Å²) in [4.78, 5) is 30.8. The minimum Gasteiger partial charge on any atom is -0.329 e. The number of nitrogens with zero attached hydrogens (tertiary/aromatic N) is 5. The van der Waals surface area contributed by atoms with Gasteiger partial charge in [0.2, 0.25) is 0 Å². The third-order valence-corrected chi connectivity index (χ3v) is 7.03. The van der Waals surface area contributed by atoms with Gasteiger partial charge in [-0.25, -0.2) is 15.0 Å². The van der Waals surface area contributed by atoms with E-state index >= 15 is 0 Å². The standard InChI is InChI=1S/C25H27N7OS/c1-16-3-5-19(6-4-16)31(2)23-8-7-20-24(30-23)34-25(28-20)29-22-13-17(9-11-27-22)21(15-33)32-12-10-18(26)14-32/h3-9,11,13,15,18,21H,10,12,14,26H2,1-2H3,(H,27,28,29)/t18-,21?/m1/s1. The minimum atomic E-state index is -0.325. The fourth-order valence-corrected chi connectivity index (χ4v) is 5.04. The molecule has 8 nitrogen and oxygen atoms in total. The van der Waals surface area contributed by atoms with Crippen LogP contribution < -0.4 is 16.0 Å². The average molecular weight is 474 g/mol. The molecule has 2 atom stereocenters. The molecule has 0 radical (unpaired) electrons. The number of hydrogen-bond donors (Lipinski definition) is 2. The van der Waals surface area contributed by atoms with Crippen molar-refractivity contribution >= 4 is 50.4 Å². The van der Waals surface area contributed by atoms with Gasteiger partial charge in [0.25, 0.3) is 0 Å². The maximum atomic E-state index is 11.8. The number of aryl methyl sites for hydroxylation is 1. The molecule has 0 spiro atoms. The molecule has 0 amide bonds. The van der Waals surface area contributed by atoms with E-state index in [4.69, 9.17) is 10.7 Å². The van der Waals surface area contributed by atoms with Crippen molar-refractivity contribution in [1.82, 2.24) is 19.9 Å². The molecule has 3 aromatic heterocycles. The number of aromatic nitrogens is 3. The van der Waals surface area contributed by atoms with E-state index in [0.717, 1.165) is 53.2 Å². The number of likely N-dealkylation sites (tertiary alicyclic amines) is 1. The molecule has 1 fully saturated rings. The Labute approximate surface area is 202 Å². The maximum absolute atomic E-state index is 11.8. The molecule has 1 aliphatic rings. The molecule has 1 aromatic carbocycles. The molecule has 9 heteroatoms. The number of nitrogens with one attached hydrogen (secondary N) is 1. The lowest BCUT2D eigenvalue weighted by Crippen LogP contribution is -2.31. The van der Waals surface area contributed by atoms with Crippen molar-refractivity contribution in [2.45, 2.75) is 25.4 Å². The fraction of sp³-hybridized carbons (Fsp3) is 0.280. The fourth-order valence-electron chi connectivity index (χ4n) is 4.20. The molecule has 1 saturated heterocycles. The van der Waals surface area contributed by atoms with Crippen LogP contribution in [0.15, 0.2) is 54.7 Å². The molecule has 4 heterocycles. The lowest BCUT2D eigenvalue weighted by atomic mass is 10.1. The Bertz CT molecular complexity index is 1310. The Morgan fingerprint density at radius 2 is 2.03 bits per heavy atom. The Balaban J connectivity index is 1.35. The van der Waals surface area contributed by atoms with E-state index in [1.807, 2.05) is 31.3 Å². The number of thiazole rings is 1. The number of carbonyl (C=O) groups is 1. The van der Waals surface area contributed by atoms with Crippen molar-refractivity contribution in [3.05, 3.63) is 65.9 Å². The van der Waals surface area contributed by atoms with E-state index in [0.29, 0.717) is 10.9 Å². The van der Waals surface area contributed by atoms with Crippen molar-refractivity contribution in [3.8, 4) is 0 Å². The number of carbonyl (C=O) groups excluding carboxylic acids is 1. The first-order valence-corrected chi connectivity index (χ1v) is 12.1. The van der Waals surface area contributed by atoms with Gasteiger partial charge in [-0.05, 0) is 55.3 Å². The number of anilines is 4. The minimum absolute atomic E-state index is 0.118. The number of nitrogens with two attached hydrogens (primary N) is 1. The van der Waals surface area contributed by atoms with Crippen LogP contribution in [0.5, 0.6) is 0 Å². The van der Waals surface area contributed by atoms with E-state index in [2.05, 4.69) is 56.3 Å². The van der Waals surface area contributed by atoms with Crippen LogP contribution in [0.4, 0.5) is 22.5 Å². The van der Waals surface area contributed by atoms with Gasteiger partial charge in [0.05, 0.1) is 6.04 Å². The molecule has 0 aliphatic carbocycles. The van der Waals surface area contributed by atoms with E-state index in [-0.39, 0.29) is 12.1 Å².